The van der Waals surface area contributed by atoms with Crippen molar-refractivity contribution < 1.29 is 9.53 Å². The number of nitrogens with zero attached hydrogens (tertiary/aromatic N) is 1. The van der Waals surface area contributed by atoms with Gasteiger partial charge in [0.25, 0.3) is 0 Å². The quantitative estimate of drug-likeness (QED) is 0.817. The Kier molecular flexibility index (Phi) is 6.73. The Balaban J connectivity index is 1.78. The SMILES string of the molecule is CC(=O)Nc1ccc(SC[C@H]2CN(CC(C)C)CCO2)cc1. The summed E-state index contributed by atoms with van der Waals surface area (Å²) in [7, 11) is 0. The molecule has 22 heavy (non-hydrogen) atoms. The number of carbonyl (C=O) groups excluding carboxylic acids is 1. The van der Waals surface area contributed by atoms with Crippen LogP contribution in [0.2, 0.25) is 0 Å². The third kappa shape index (κ3) is 5.99. The molecule has 1 fully saturated rings. The fourth-order valence-corrected chi connectivity index (χ4v) is 3.50. The highest BCUT2D eigenvalue weighted by atomic mass is 32.2. The highest BCUT2D eigenvalue weighted by Crippen LogP contribution is 2.23. The molecular formula is C17H26N2O2S. The summed E-state index contributed by atoms with van der Waals surface area (Å²) in [5.41, 5.74) is 0.842. The Morgan fingerprint density at radius 2 is 2.14 bits per heavy atom. The molecule has 0 aliphatic carbocycles. The lowest BCUT2D eigenvalue weighted by atomic mass is 10.2. The van der Waals surface area contributed by atoms with Gasteiger partial charge < -0.3 is 10.1 Å². The van der Waals surface area contributed by atoms with Gasteiger partial charge >= 0.3 is 0 Å². The van der Waals surface area contributed by atoms with Crippen LogP contribution in [-0.4, -0.2) is 48.9 Å². The van der Waals surface area contributed by atoms with E-state index in [9.17, 15) is 4.79 Å². The first-order chi connectivity index (χ1) is 10.5. The van der Waals surface area contributed by atoms with Crippen LogP contribution in [0.5, 0.6) is 0 Å². The molecule has 2 rings (SSSR count). The van der Waals surface area contributed by atoms with Crippen LogP contribution >= 0.6 is 11.8 Å². The maximum Gasteiger partial charge on any atom is 0.221 e. The van der Waals surface area contributed by atoms with Crippen LogP contribution in [-0.2, 0) is 9.53 Å². The van der Waals surface area contributed by atoms with Gasteiger partial charge in [-0.3, -0.25) is 9.69 Å². The van der Waals surface area contributed by atoms with Crippen molar-refractivity contribution in [2.75, 3.05) is 37.3 Å². The first kappa shape index (κ1) is 17.3. The van der Waals surface area contributed by atoms with Crippen LogP contribution in [0.15, 0.2) is 29.2 Å². The molecule has 0 bridgehead atoms. The molecule has 1 amide bonds. The Morgan fingerprint density at radius 1 is 1.41 bits per heavy atom. The van der Waals surface area contributed by atoms with Gasteiger partial charge in [0.1, 0.15) is 0 Å². The van der Waals surface area contributed by atoms with E-state index in [1.807, 2.05) is 36.0 Å². The molecule has 0 radical (unpaired) electrons. The molecule has 0 spiro atoms. The van der Waals surface area contributed by atoms with Crippen LogP contribution in [0.3, 0.4) is 0 Å². The van der Waals surface area contributed by atoms with Gasteiger partial charge in [0.2, 0.25) is 5.91 Å². The second-order valence-corrected chi connectivity index (χ2v) is 7.26. The fourth-order valence-electron chi connectivity index (χ4n) is 2.59. The average molecular weight is 322 g/mol. The second kappa shape index (κ2) is 8.56. The number of benzene rings is 1. The van der Waals surface area contributed by atoms with E-state index in [-0.39, 0.29) is 5.91 Å². The maximum atomic E-state index is 11.0. The van der Waals surface area contributed by atoms with E-state index in [1.54, 1.807) is 0 Å². The Morgan fingerprint density at radius 3 is 2.77 bits per heavy atom. The third-order valence-electron chi connectivity index (χ3n) is 3.46. The fraction of sp³-hybridized carbons (Fsp3) is 0.588. The summed E-state index contributed by atoms with van der Waals surface area (Å²) in [5.74, 6) is 1.63. The molecule has 1 aromatic rings. The summed E-state index contributed by atoms with van der Waals surface area (Å²) in [5, 5.41) is 2.78. The number of nitrogens with one attached hydrogen (secondary N) is 1. The minimum absolute atomic E-state index is 0.0405. The van der Waals surface area contributed by atoms with E-state index in [0.29, 0.717) is 12.0 Å². The molecule has 122 valence electrons. The molecule has 1 atom stereocenters. The molecule has 1 aliphatic heterocycles. The van der Waals surface area contributed by atoms with Crippen molar-refractivity contribution in [3.63, 3.8) is 0 Å². The first-order valence-corrected chi connectivity index (χ1v) is 8.86. The molecule has 1 saturated heterocycles. The van der Waals surface area contributed by atoms with E-state index in [4.69, 9.17) is 4.74 Å². The minimum Gasteiger partial charge on any atom is -0.375 e. The van der Waals surface area contributed by atoms with Gasteiger partial charge in [-0.2, -0.15) is 0 Å². The van der Waals surface area contributed by atoms with Gasteiger partial charge in [-0.15, -0.1) is 11.8 Å². The minimum atomic E-state index is -0.0405. The third-order valence-corrected chi connectivity index (χ3v) is 4.60. The number of amides is 1. The number of anilines is 1. The molecule has 0 saturated carbocycles. The van der Waals surface area contributed by atoms with E-state index in [0.717, 1.165) is 37.7 Å². The average Bonchev–Trinajstić information content (AvgIpc) is 2.46. The van der Waals surface area contributed by atoms with E-state index >= 15 is 0 Å². The summed E-state index contributed by atoms with van der Waals surface area (Å²) in [4.78, 5) is 14.7. The number of morpholine rings is 1. The summed E-state index contributed by atoms with van der Waals surface area (Å²) >= 11 is 1.81. The van der Waals surface area contributed by atoms with Crippen molar-refractivity contribution in [3.8, 4) is 0 Å². The molecule has 0 unspecified atom stereocenters. The van der Waals surface area contributed by atoms with Crippen molar-refractivity contribution in [2.24, 2.45) is 5.92 Å². The molecule has 1 aromatic carbocycles. The summed E-state index contributed by atoms with van der Waals surface area (Å²) in [6, 6.07) is 7.97. The zero-order chi connectivity index (χ0) is 15.9. The number of hydrogen-bond donors (Lipinski definition) is 1. The molecular weight excluding hydrogens is 296 g/mol. The second-order valence-electron chi connectivity index (χ2n) is 6.16. The Hall–Kier alpha value is -1.04. The lowest BCUT2D eigenvalue weighted by molar-refractivity contribution is -0.114. The van der Waals surface area contributed by atoms with Crippen molar-refractivity contribution in [2.45, 2.75) is 31.8 Å². The summed E-state index contributed by atoms with van der Waals surface area (Å²) < 4.78 is 5.87. The van der Waals surface area contributed by atoms with Gasteiger partial charge in [0, 0.05) is 42.9 Å². The van der Waals surface area contributed by atoms with Gasteiger partial charge in [-0.25, -0.2) is 0 Å². The molecule has 1 heterocycles. The van der Waals surface area contributed by atoms with Gasteiger partial charge in [0.05, 0.1) is 12.7 Å². The van der Waals surface area contributed by atoms with Crippen molar-refractivity contribution in [1.82, 2.24) is 4.90 Å². The van der Waals surface area contributed by atoms with Crippen molar-refractivity contribution >= 4 is 23.4 Å². The highest BCUT2D eigenvalue weighted by Gasteiger charge is 2.20. The predicted octanol–water partition coefficient (Wildman–Crippen LogP) is 3.09. The largest absolute Gasteiger partial charge is 0.375 e. The van der Waals surface area contributed by atoms with Crippen LogP contribution in [0.4, 0.5) is 5.69 Å². The Bertz CT molecular complexity index is 476. The van der Waals surface area contributed by atoms with Crippen LogP contribution in [0.25, 0.3) is 0 Å². The molecule has 1 N–H and O–H groups in total. The topological polar surface area (TPSA) is 41.6 Å². The normalized spacial score (nSPS) is 19.4. The lowest BCUT2D eigenvalue weighted by Crippen LogP contribution is -2.44. The number of thioether (sulfide) groups is 1. The predicted molar refractivity (Wildman–Crippen MR) is 92.5 cm³/mol. The number of rotatable bonds is 6. The zero-order valence-electron chi connectivity index (χ0n) is 13.7. The summed E-state index contributed by atoms with van der Waals surface area (Å²) in [6.45, 7) is 10.1. The van der Waals surface area contributed by atoms with E-state index in [1.165, 1.54) is 11.8 Å². The first-order valence-electron chi connectivity index (χ1n) is 7.87. The van der Waals surface area contributed by atoms with Gasteiger partial charge in [-0.05, 0) is 30.2 Å². The maximum absolute atomic E-state index is 11.0. The van der Waals surface area contributed by atoms with Gasteiger partial charge in [-0.1, -0.05) is 13.8 Å². The standard InChI is InChI=1S/C17H26N2O2S/c1-13(2)10-19-8-9-21-16(11-19)12-22-17-6-4-15(5-7-17)18-14(3)20/h4-7,13,16H,8-12H2,1-3H3,(H,18,20)/t16-/m1/s1. The molecule has 4 nitrogen and oxygen atoms in total. The number of carbonyl (C=O) groups is 1. The molecule has 5 heteroatoms. The van der Waals surface area contributed by atoms with Crippen LogP contribution in [0, 0.1) is 5.92 Å². The molecule has 1 aliphatic rings. The van der Waals surface area contributed by atoms with Crippen LogP contribution in [0.1, 0.15) is 20.8 Å². The lowest BCUT2D eigenvalue weighted by Gasteiger charge is -2.33. The highest BCUT2D eigenvalue weighted by molar-refractivity contribution is 7.99. The molecule has 0 aromatic heterocycles. The van der Waals surface area contributed by atoms with Gasteiger partial charge in [0.15, 0.2) is 0 Å². The van der Waals surface area contributed by atoms with Crippen molar-refractivity contribution in [1.29, 1.82) is 0 Å². The number of ether oxygens (including phenoxy) is 1. The zero-order valence-corrected chi connectivity index (χ0v) is 14.5. The monoisotopic (exact) mass is 322 g/mol. The summed E-state index contributed by atoms with van der Waals surface area (Å²) in [6.07, 6.45) is 0.299. The van der Waals surface area contributed by atoms with Crippen molar-refractivity contribution in [3.05, 3.63) is 24.3 Å². The van der Waals surface area contributed by atoms with E-state index < -0.39 is 0 Å². The smallest absolute Gasteiger partial charge is 0.221 e. The number of hydrogen-bond acceptors (Lipinski definition) is 4. The van der Waals surface area contributed by atoms with Crippen LogP contribution < -0.4 is 5.32 Å². The Labute approximate surface area is 137 Å². The van der Waals surface area contributed by atoms with E-state index in [2.05, 4.69) is 24.1 Å².